The van der Waals surface area contributed by atoms with Crippen LogP contribution in [-0.2, 0) is 14.3 Å². The second kappa shape index (κ2) is 18.5. The van der Waals surface area contributed by atoms with Crippen molar-refractivity contribution in [3.05, 3.63) is 0 Å². The predicted octanol–water partition coefficient (Wildman–Crippen LogP) is 7.98. The second-order valence-electron chi connectivity index (χ2n) is 17.9. The molecule has 6 aliphatic rings. The molecule has 6 heteroatoms. The van der Waals surface area contributed by atoms with Gasteiger partial charge < -0.3 is 20.9 Å². The first kappa shape index (κ1) is 37.5. The minimum absolute atomic E-state index is 0.0215. The molecule has 0 aromatic carbocycles. The van der Waals surface area contributed by atoms with Crippen molar-refractivity contribution in [2.75, 3.05) is 13.7 Å². The quantitative estimate of drug-likeness (QED) is 0.178. The number of Topliss-reactive ketones (excluding diaryl/α,β-unsaturated/α-hetero) is 2. The molecule has 276 valence electrons. The first-order chi connectivity index (χ1) is 23.9. The Labute approximate surface area is 298 Å². The minimum Gasteiger partial charge on any atom is -0.390 e. The topological polar surface area (TPSA) is 102 Å². The van der Waals surface area contributed by atoms with Gasteiger partial charge in [0.05, 0.1) is 24.8 Å². The highest BCUT2D eigenvalue weighted by Crippen LogP contribution is 2.47. The van der Waals surface area contributed by atoms with Crippen LogP contribution in [0, 0.1) is 71.0 Å². The van der Waals surface area contributed by atoms with E-state index in [2.05, 4.69) is 17.2 Å². The molecule has 0 aromatic rings. The van der Waals surface area contributed by atoms with Crippen LogP contribution in [0.15, 0.2) is 0 Å². The summed E-state index contributed by atoms with van der Waals surface area (Å²) in [6.45, 7) is 0.997. The Balaban J connectivity index is 1.29. The number of carbonyl (C=O) groups is 2. The fourth-order valence-electron chi connectivity index (χ4n) is 11.9. The van der Waals surface area contributed by atoms with E-state index < -0.39 is 6.10 Å². The van der Waals surface area contributed by atoms with Gasteiger partial charge in [-0.2, -0.15) is 0 Å². The highest BCUT2D eigenvalue weighted by Gasteiger charge is 2.44. The van der Waals surface area contributed by atoms with Crippen molar-refractivity contribution < 1.29 is 19.4 Å². The first-order valence-corrected chi connectivity index (χ1v) is 21.1. The number of nitrogens with one attached hydrogen (secondary N) is 1. The van der Waals surface area contributed by atoms with Gasteiger partial charge in [0.15, 0.2) is 0 Å². The van der Waals surface area contributed by atoms with E-state index in [0.29, 0.717) is 42.4 Å². The molecule has 6 unspecified atom stereocenters. The third kappa shape index (κ3) is 10.4. The molecule has 0 radical (unpaired) electrons. The van der Waals surface area contributed by atoms with Gasteiger partial charge in [0.2, 0.25) is 0 Å². The summed E-state index contributed by atoms with van der Waals surface area (Å²) in [6.07, 6.45) is 25.8. The van der Waals surface area contributed by atoms with Crippen molar-refractivity contribution in [1.82, 2.24) is 5.32 Å². The summed E-state index contributed by atoms with van der Waals surface area (Å²) in [5, 5.41) is 14.7. The maximum absolute atomic E-state index is 14.3. The number of fused-ring (bicyclic) bond motifs is 2. The van der Waals surface area contributed by atoms with E-state index in [1.54, 1.807) is 7.11 Å². The number of methoxy groups -OCH3 is 1. The highest BCUT2D eigenvalue weighted by atomic mass is 16.5. The molecule has 5 fully saturated rings. The van der Waals surface area contributed by atoms with Crippen molar-refractivity contribution in [2.45, 2.75) is 172 Å². The van der Waals surface area contributed by atoms with Gasteiger partial charge in [-0.3, -0.25) is 9.59 Å². The van der Waals surface area contributed by atoms with Crippen molar-refractivity contribution in [2.24, 2.45) is 64.9 Å². The molecule has 0 bridgehead atoms. The van der Waals surface area contributed by atoms with Crippen LogP contribution in [0.25, 0.3) is 0 Å². The molecular weight excluding hydrogens is 608 g/mol. The maximum Gasteiger partial charge on any atom is 0.144 e. The van der Waals surface area contributed by atoms with Gasteiger partial charge in [-0.25, -0.2) is 0 Å². The van der Waals surface area contributed by atoms with Gasteiger partial charge in [0, 0.05) is 31.3 Å². The molecular formula is C43H70N2O4. The van der Waals surface area contributed by atoms with E-state index in [0.717, 1.165) is 44.6 Å². The zero-order valence-corrected chi connectivity index (χ0v) is 30.9. The Hall–Kier alpha value is -1.26. The Morgan fingerprint density at radius 1 is 0.776 bits per heavy atom. The van der Waals surface area contributed by atoms with Gasteiger partial charge in [-0.15, -0.1) is 0 Å². The van der Waals surface area contributed by atoms with Gasteiger partial charge in [0.1, 0.15) is 11.6 Å². The number of ether oxygens (including phenoxy) is 1. The van der Waals surface area contributed by atoms with E-state index in [1.807, 2.05) is 0 Å². The predicted molar refractivity (Wildman–Crippen MR) is 196 cm³/mol. The number of rotatable bonds is 8. The van der Waals surface area contributed by atoms with Crippen LogP contribution in [0.1, 0.15) is 154 Å². The molecule has 0 amide bonds. The molecule has 1 aliphatic heterocycles. The lowest BCUT2D eigenvalue weighted by Crippen LogP contribution is -2.44. The number of nitrogens with two attached hydrogens (primary N) is 1. The average Bonchev–Trinajstić information content (AvgIpc) is 3.27. The van der Waals surface area contributed by atoms with Crippen molar-refractivity contribution >= 4 is 11.6 Å². The summed E-state index contributed by atoms with van der Waals surface area (Å²) in [4.78, 5) is 27.8. The molecule has 6 nitrogen and oxygen atoms in total. The van der Waals surface area contributed by atoms with Crippen LogP contribution in [0.3, 0.4) is 0 Å². The Morgan fingerprint density at radius 2 is 1.53 bits per heavy atom. The lowest BCUT2D eigenvalue weighted by Gasteiger charge is -2.44. The number of aliphatic hydroxyl groups is 1. The molecule has 4 N–H and O–H groups in total. The Morgan fingerprint density at radius 3 is 2.29 bits per heavy atom. The molecule has 0 aromatic heterocycles. The second-order valence-corrected chi connectivity index (χ2v) is 17.9. The summed E-state index contributed by atoms with van der Waals surface area (Å²) >= 11 is 0. The van der Waals surface area contributed by atoms with Gasteiger partial charge in [0.25, 0.3) is 0 Å². The SMILES string of the molecule is COC1CC2CCC(=O)CC(=O)[C@@H]3C[C@@H](CCCC4CCCCC4)C[C@H](CC4CCNC(N)C4)C[C@@H]3C#C[C@H](C3CCCCC3)C2CC1O. The van der Waals surface area contributed by atoms with Crippen LogP contribution in [0.4, 0.5) is 0 Å². The Kier molecular flexibility index (Phi) is 14.1. The van der Waals surface area contributed by atoms with Crippen LogP contribution >= 0.6 is 0 Å². The maximum atomic E-state index is 14.3. The third-order valence-corrected chi connectivity index (χ3v) is 14.5. The normalized spacial score (nSPS) is 40.5. The lowest BCUT2D eigenvalue weighted by atomic mass is 9.63. The summed E-state index contributed by atoms with van der Waals surface area (Å²) in [5.74, 6) is 12.0. The number of ketones is 2. The van der Waals surface area contributed by atoms with E-state index in [-0.39, 0.29) is 53.9 Å². The zero-order chi connectivity index (χ0) is 34.2. The minimum atomic E-state index is -0.481. The van der Waals surface area contributed by atoms with Gasteiger partial charge in [-0.1, -0.05) is 82.5 Å². The fourth-order valence-corrected chi connectivity index (χ4v) is 11.9. The Bertz CT molecular complexity index is 1120. The molecule has 1 saturated heterocycles. The molecule has 49 heavy (non-hydrogen) atoms. The molecule has 0 spiro atoms. The van der Waals surface area contributed by atoms with Crippen LogP contribution in [0.5, 0.6) is 0 Å². The van der Waals surface area contributed by atoms with Crippen molar-refractivity contribution in [3.8, 4) is 11.8 Å². The van der Waals surface area contributed by atoms with E-state index >= 15 is 0 Å². The molecule has 6 rings (SSSR count). The zero-order valence-electron chi connectivity index (χ0n) is 30.9. The molecule has 11 atom stereocenters. The van der Waals surface area contributed by atoms with Gasteiger partial charge >= 0.3 is 0 Å². The standard InChI is InChI=1S/C43H70N2O4/c1-49-42-26-35-15-17-36(46)27-40(47)39-24-30(12-8-11-29-9-4-2-5-10-29)21-32(22-31-19-20-45-43(44)25-31)23-34(39)16-18-37(38(35)28-41(42)48)33-13-6-3-7-14-33/h29-35,37-39,41-43,45,48H,2-15,17,19-28,44H2,1H3/t30-,31?,32+,34-,35?,37+,38?,39+,41?,42?,43?/m0/s1. The number of hydrogen-bond acceptors (Lipinski definition) is 6. The van der Waals surface area contributed by atoms with Crippen LogP contribution < -0.4 is 11.1 Å². The summed E-state index contributed by atoms with van der Waals surface area (Å²) in [6, 6.07) is 0. The highest BCUT2D eigenvalue weighted by molar-refractivity contribution is 6.00. The van der Waals surface area contributed by atoms with Gasteiger partial charge in [-0.05, 0) is 119 Å². The number of piperidine rings is 1. The lowest BCUT2D eigenvalue weighted by molar-refractivity contribution is -0.130. The van der Waals surface area contributed by atoms with Crippen LogP contribution in [-0.4, -0.2) is 48.7 Å². The van der Waals surface area contributed by atoms with Crippen LogP contribution in [0.2, 0.25) is 0 Å². The number of aliphatic hydroxyl groups excluding tert-OH is 1. The number of hydrogen-bond donors (Lipinski definition) is 3. The summed E-state index contributed by atoms with van der Waals surface area (Å²) < 4.78 is 5.75. The average molecular weight is 679 g/mol. The molecule has 5 aliphatic carbocycles. The van der Waals surface area contributed by atoms with E-state index in [9.17, 15) is 14.7 Å². The van der Waals surface area contributed by atoms with E-state index in [1.165, 1.54) is 103 Å². The number of carbonyl (C=O) groups excluding carboxylic acids is 2. The molecule has 4 saturated carbocycles. The summed E-state index contributed by atoms with van der Waals surface area (Å²) in [5.41, 5.74) is 6.39. The largest absolute Gasteiger partial charge is 0.390 e. The van der Waals surface area contributed by atoms with Crippen molar-refractivity contribution in [1.29, 1.82) is 0 Å². The monoisotopic (exact) mass is 679 g/mol. The summed E-state index contributed by atoms with van der Waals surface area (Å²) in [7, 11) is 1.70. The first-order valence-electron chi connectivity index (χ1n) is 21.1. The van der Waals surface area contributed by atoms with E-state index in [4.69, 9.17) is 10.5 Å². The van der Waals surface area contributed by atoms with Crippen molar-refractivity contribution in [3.63, 3.8) is 0 Å². The molecule has 1 heterocycles. The third-order valence-electron chi connectivity index (χ3n) is 14.5. The fraction of sp³-hybridized carbons (Fsp3) is 0.907. The smallest absolute Gasteiger partial charge is 0.144 e.